The Labute approximate surface area is 154 Å². The predicted octanol–water partition coefficient (Wildman–Crippen LogP) is 3.93. The zero-order valence-electron chi connectivity index (χ0n) is 14.0. The van der Waals surface area contributed by atoms with Gasteiger partial charge in [0.1, 0.15) is 17.7 Å². The maximum Gasteiger partial charge on any atom is 0.265 e. The summed E-state index contributed by atoms with van der Waals surface area (Å²) in [5.74, 6) is -0.535. The Balaban J connectivity index is 1.97. The number of rotatable bonds is 4. The molecule has 1 aromatic carbocycles. The highest BCUT2D eigenvalue weighted by Crippen LogP contribution is 2.34. The van der Waals surface area contributed by atoms with Crippen molar-refractivity contribution in [3.63, 3.8) is 0 Å². The lowest BCUT2D eigenvalue weighted by Crippen LogP contribution is -2.12. The molecule has 0 atom stereocenters. The Morgan fingerprint density at radius 1 is 1.19 bits per heavy atom. The van der Waals surface area contributed by atoms with Crippen LogP contribution in [0.25, 0.3) is 33.5 Å². The number of H-pyrrole nitrogens is 2. The van der Waals surface area contributed by atoms with Crippen molar-refractivity contribution in [1.29, 1.82) is 0 Å². The number of benzene rings is 1. The molecule has 6 nitrogen and oxygen atoms in total. The average molecular weight is 366 g/mol. The lowest BCUT2D eigenvalue weighted by Gasteiger charge is -2.08. The first-order valence-corrected chi connectivity index (χ1v) is 8.56. The minimum absolute atomic E-state index is 0.333. The fourth-order valence-electron chi connectivity index (χ4n) is 3.18. The predicted molar refractivity (Wildman–Crippen MR) is 102 cm³/mol. The first-order chi connectivity index (χ1) is 12.6. The van der Waals surface area contributed by atoms with E-state index >= 15 is 0 Å². The molecule has 4 aromatic rings. The average Bonchev–Trinajstić information content (AvgIpc) is 3.28. The van der Waals surface area contributed by atoms with Gasteiger partial charge < -0.3 is 15.7 Å². The lowest BCUT2D eigenvalue weighted by molar-refractivity contribution is 0.0997. The molecule has 7 heteroatoms. The molecule has 4 N–H and O–H groups in total. The van der Waals surface area contributed by atoms with Gasteiger partial charge in [0.2, 0.25) is 0 Å². The van der Waals surface area contributed by atoms with Gasteiger partial charge in [-0.15, -0.1) is 0 Å². The number of nitrogens with one attached hydrogen (secondary N) is 2. The molecule has 0 bridgehead atoms. The number of fused-ring (bicyclic) bond motifs is 1. The van der Waals surface area contributed by atoms with Gasteiger partial charge in [-0.3, -0.25) is 4.79 Å². The van der Waals surface area contributed by atoms with Crippen LogP contribution in [0.15, 0.2) is 42.9 Å². The van der Waals surface area contributed by atoms with E-state index in [2.05, 4.69) is 26.9 Å². The summed E-state index contributed by atoms with van der Waals surface area (Å²) in [5.41, 5.74) is 10.8. The fourth-order valence-corrected chi connectivity index (χ4v) is 3.36. The van der Waals surface area contributed by atoms with Crippen LogP contribution in [0.4, 0.5) is 0 Å². The van der Waals surface area contributed by atoms with E-state index in [1.165, 1.54) is 6.33 Å². The van der Waals surface area contributed by atoms with Crippen molar-refractivity contribution in [2.45, 2.75) is 13.3 Å². The van der Waals surface area contributed by atoms with Crippen LogP contribution in [0, 0.1) is 0 Å². The third-order valence-corrected chi connectivity index (χ3v) is 4.65. The van der Waals surface area contributed by atoms with Crippen LogP contribution in [-0.2, 0) is 6.42 Å². The van der Waals surface area contributed by atoms with Crippen LogP contribution in [0.1, 0.15) is 23.0 Å². The van der Waals surface area contributed by atoms with Crippen molar-refractivity contribution in [3.05, 3.63) is 59.1 Å². The van der Waals surface area contributed by atoms with E-state index in [-0.39, 0.29) is 0 Å². The summed E-state index contributed by atoms with van der Waals surface area (Å²) >= 11 is 6.19. The smallest absolute Gasteiger partial charge is 0.265 e. The van der Waals surface area contributed by atoms with Gasteiger partial charge in [0, 0.05) is 22.2 Å². The second-order valence-electron chi connectivity index (χ2n) is 5.95. The van der Waals surface area contributed by atoms with E-state index in [0.717, 1.165) is 28.6 Å². The first kappa shape index (κ1) is 16.4. The van der Waals surface area contributed by atoms with Crippen molar-refractivity contribution in [1.82, 2.24) is 19.9 Å². The zero-order valence-corrected chi connectivity index (χ0v) is 14.8. The van der Waals surface area contributed by atoms with Crippen LogP contribution in [-0.4, -0.2) is 25.8 Å². The highest BCUT2D eigenvalue weighted by atomic mass is 35.5. The number of primary amides is 1. The molecule has 3 aromatic heterocycles. The molecule has 0 fully saturated rings. The quantitative estimate of drug-likeness (QED) is 0.510. The van der Waals surface area contributed by atoms with Crippen LogP contribution < -0.4 is 5.73 Å². The maximum absolute atomic E-state index is 12.1. The minimum atomic E-state index is -0.535. The highest BCUT2D eigenvalue weighted by Gasteiger charge is 2.19. The SMILES string of the molecule is CCc1ccc(Cl)cc1-c1cc(-c2ncnc3[nH]ccc23)[nH]c1C(N)=O. The molecule has 130 valence electrons. The summed E-state index contributed by atoms with van der Waals surface area (Å²) in [5, 5.41) is 1.46. The van der Waals surface area contributed by atoms with Gasteiger partial charge >= 0.3 is 0 Å². The van der Waals surface area contributed by atoms with Gasteiger partial charge in [-0.25, -0.2) is 9.97 Å². The van der Waals surface area contributed by atoms with E-state index in [4.69, 9.17) is 17.3 Å². The Morgan fingerprint density at radius 2 is 2.04 bits per heavy atom. The second-order valence-corrected chi connectivity index (χ2v) is 6.39. The highest BCUT2D eigenvalue weighted by molar-refractivity contribution is 6.31. The minimum Gasteiger partial charge on any atom is -0.364 e. The number of carbonyl (C=O) groups excluding carboxylic acids is 1. The molecule has 3 heterocycles. The fraction of sp³-hybridized carbons (Fsp3) is 0.105. The number of halogens is 1. The maximum atomic E-state index is 12.1. The number of nitrogens with two attached hydrogens (primary N) is 1. The van der Waals surface area contributed by atoms with Gasteiger partial charge in [-0.2, -0.15) is 0 Å². The summed E-state index contributed by atoms with van der Waals surface area (Å²) in [6.45, 7) is 2.05. The standard InChI is InChI=1S/C19H16ClN5O/c1-2-10-3-4-11(20)7-13(10)14-8-15(25-17(14)18(21)26)16-12-5-6-22-19(12)24-9-23-16/h3-9,25H,2H2,1H3,(H2,21,26)(H,22,23,24). The van der Waals surface area contributed by atoms with E-state index in [0.29, 0.717) is 27.7 Å². The Kier molecular flexibility index (Phi) is 3.97. The number of aromatic nitrogens is 4. The monoisotopic (exact) mass is 365 g/mol. The van der Waals surface area contributed by atoms with Gasteiger partial charge in [0.25, 0.3) is 5.91 Å². The van der Waals surface area contributed by atoms with E-state index in [9.17, 15) is 4.79 Å². The van der Waals surface area contributed by atoms with E-state index in [1.807, 2.05) is 30.3 Å². The summed E-state index contributed by atoms with van der Waals surface area (Å²) in [6, 6.07) is 9.44. The molecular weight excluding hydrogens is 350 g/mol. The summed E-state index contributed by atoms with van der Waals surface area (Å²) in [7, 11) is 0. The van der Waals surface area contributed by atoms with Crippen molar-refractivity contribution < 1.29 is 4.79 Å². The van der Waals surface area contributed by atoms with Crippen LogP contribution in [0.2, 0.25) is 5.02 Å². The number of amides is 1. The van der Waals surface area contributed by atoms with Crippen LogP contribution >= 0.6 is 11.6 Å². The number of aromatic amines is 2. The molecule has 0 spiro atoms. The van der Waals surface area contributed by atoms with Crippen LogP contribution in [0.5, 0.6) is 0 Å². The Hall–Kier alpha value is -3.12. The van der Waals surface area contributed by atoms with Crippen molar-refractivity contribution in [2.24, 2.45) is 5.73 Å². The number of nitrogens with zero attached hydrogens (tertiary/aromatic N) is 2. The van der Waals surface area contributed by atoms with Gasteiger partial charge in [-0.05, 0) is 41.8 Å². The molecule has 0 aliphatic heterocycles. The summed E-state index contributed by atoms with van der Waals surface area (Å²) < 4.78 is 0. The Morgan fingerprint density at radius 3 is 2.81 bits per heavy atom. The second kappa shape index (κ2) is 6.31. The molecule has 0 saturated carbocycles. The third kappa shape index (κ3) is 2.64. The van der Waals surface area contributed by atoms with Crippen molar-refractivity contribution in [3.8, 4) is 22.5 Å². The zero-order chi connectivity index (χ0) is 18.3. The largest absolute Gasteiger partial charge is 0.364 e. The molecule has 0 unspecified atom stereocenters. The topological polar surface area (TPSA) is 100 Å². The lowest BCUT2D eigenvalue weighted by atomic mass is 9.97. The molecular formula is C19H16ClN5O. The Bertz CT molecular complexity index is 1130. The number of carbonyl (C=O) groups is 1. The van der Waals surface area contributed by atoms with Gasteiger partial charge in [0.15, 0.2) is 0 Å². The van der Waals surface area contributed by atoms with E-state index in [1.54, 1.807) is 6.20 Å². The molecule has 0 radical (unpaired) electrons. The summed E-state index contributed by atoms with van der Waals surface area (Å²) in [6.07, 6.45) is 4.09. The molecule has 4 rings (SSSR count). The molecule has 26 heavy (non-hydrogen) atoms. The van der Waals surface area contributed by atoms with Crippen LogP contribution in [0.3, 0.4) is 0 Å². The van der Waals surface area contributed by atoms with Crippen molar-refractivity contribution >= 4 is 28.5 Å². The van der Waals surface area contributed by atoms with E-state index < -0.39 is 5.91 Å². The summed E-state index contributed by atoms with van der Waals surface area (Å²) in [4.78, 5) is 26.8. The third-order valence-electron chi connectivity index (χ3n) is 4.42. The molecule has 0 aliphatic rings. The van der Waals surface area contributed by atoms with Crippen molar-refractivity contribution in [2.75, 3.05) is 0 Å². The van der Waals surface area contributed by atoms with Gasteiger partial charge in [0.05, 0.1) is 11.4 Å². The normalized spacial score (nSPS) is 11.2. The number of hydrogen-bond donors (Lipinski definition) is 3. The molecule has 0 aliphatic carbocycles. The first-order valence-electron chi connectivity index (χ1n) is 8.18. The molecule has 0 saturated heterocycles. The molecule has 1 amide bonds. The number of aryl methyl sites for hydroxylation is 1. The number of hydrogen-bond acceptors (Lipinski definition) is 3. The van der Waals surface area contributed by atoms with Gasteiger partial charge in [-0.1, -0.05) is 24.6 Å².